The molecular weight excluding hydrogens is 484 g/mol. The lowest BCUT2D eigenvalue weighted by Crippen LogP contribution is -2.78. The lowest BCUT2D eigenvalue weighted by atomic mass is 9.50. The summed E-state index contributed by atoms with van der Waals surface area (Å²) < 4.78 is 5.85. The van der Waals surface area contributed by atoms with Crippen molar-refractivity contribution in [2.45, 2.75) is 36.8 Å². The molecule has 0 saturated heterocycles. The van der Waals surface area contributed by atoms with Gasteiger partial charge in [-0.3, -0.25) is 28.9 Å². The van der Waals surface area contributed by atoms with Crippen LogP contribution in [0.3, 0.4) is 0 Å². The number of phenolic OH excluding ortho intramolecular Hbond substituents is 1. The van der Waals surface area contributed by atoms with Crippen LogP contribution in [0.25, 0.3) is 5.57 Å². The normalized spacial score (nSPS) is 36.1. The third kappa shape index (κ3) is 3.38. The van der Waals surface area contributed by atoms with Crippen molar-refractivity contribution in [2.24, 2.45) is 35.3 Å². The van der Waals surface area contributed by atoms with E-state index in [1.807, 2.05) is 0 Å². The molecule has 5 N–H and O–H groups in total. The van der Waals surface area contributed by atoms with Gasteiger partial charge < -0.3 is 25.8 Å². The number of aromatic hydroxyl groups is 1. The number of hydrogen-bond acceptors (Lipinski definition) is 11. The molecule has 5 rings (SSSR count). The summed E-state index contributed by atoms with van der Waals surface area (Å²) in [6.07, 6.45) is -2.35. The number of carbonyl (C=O) groups is 5. The molecule has 8 atom stereocenters. The standard InChI is InChI=1S/C26H28N2O9/c1-9-11-5-4-6-12(29)14(11)19(30)15-13(9)21(37-25(35)10-7-8-10)17-18(28(2)3)20(31)16(24(27)34)23(33)26(17,36)22(15)32/h4-6,10,13,15-18,21,24,29,34,36H,1,7-8,27H2,2-3H3/t13-,15?,16?,17-,18+,21+,24?,26+/m1/s1. The lowest BCUT2D eigenvalue weighted by molar-refractivity contribution is -0.203. The van der Waals surface area contributed by atoms with E-state index >= 15 is 0 Å². The van der Waals surface area contributed by atoms with E-state index in [-0.39, 0.29) is 16.7 Å². The van der Waals surface area contributed by atoms with Crippen molar-refractivity contribution < 1.29 is 44.0 Å². The van der Waals surface area contributed by atoms with Crippen molar-refractivity contribution in [1.82, 2.24) is 4.90 Å². The second-order valence-electron chi connectivity index (χ2n) is 10.6. The van der Waals surface area contributed by atoms with Gasteiger partial charge in [0.15, 0.2) is 28.7 Å². The Balaban J connectivity index is 1.76. The van der Waals surface area contributed by atoms with Crippen LogP contribution in [0.4, 0.5) is 0 Å². The highest BCUT2D eigenvalue weighted by Crippen LogP contribution is 2.55. The molecule has 0 amide bonds. The first-order valence-electron chi connectivity index (χ1n) is 12.0. The van der Waals surface area contributed by atoms with Gasteiger partial charge in [0.25, 0.3) is 0 Å². The maximum atomic E-state index is 14.0. The van der Waals surface area contributed by atoms with E-state index < -0.39 is 88.4 Å². The molecule has 0 aliphatic heterocycles. The average molecular weight is 513 g/mol. The van der Waals surface area contributed by atoms with Crippen LogP contribution in [0.2, 0.25) is 0 Å². The molecule has 0 bridgehead atoms. The zero-order chi connectivity index (χ0) is 27.1. The fourth-order valence-electron chi connectivity index (χ4n) is 6.31. The van der Waals surface area contributed by atoms with Crippen LogP contribution in [0, 0.1) is 29.6 Å². The fourth-order valence-corrected chi connectivity index (χ4v) is 6.31. The second-order valence-corrected chi connectivity index (χ2v) is 10.6. The van der Waals surface area contributed by atoms with Crippen molar-refractivity contribution in [2.75, 3.05) is 14.1 Å². The number of nitrogens with zero attached hydrogens (tertiary/aromatic N) is 1. The summed E-state index contributed by atoms with van der Waals surface area (Å²) in [7, 11) is 2.95. The molecule has 1 aromatic carbocycles. The zero-order valence-corrected chi connectivity index (χ0v) is 20.3. The Morgan fingerprint density at radius 2 is 1.84 bits per heavy atom. The summed E-state index contributed by atoms with van der Waals surface area (Å²) >= 11 is 0. The molecule has 1 aromatic rings. The van der Waals surface area contributed by atoms with Crippen molar-refractivity contribution >= 4 is 34.7 Å². The van der Waals surface area contributed by atoms with Crippen molar-refractivity contribution in [1.29, 1.82) is 0 Å². The molecule has 196 valence electrons. The van der Waals surface area contributed by atoms with Crippen molar-refractivity contribution in [3.8, 4) is 5.75 Å². The van der Waals surface area contributed by atoms with E-state index in [4.69, 9.17) is 10.5 Å². The van der Waals surface area contributed by atoms with E-state index in [1.165, 1.54) is 37.2 Å². The van der Waals surface area contributed by atoms with Crippen molar-refractivity contribution in [3.05, 3.63) is 35.9 Å². The van der Waals surface area contributed by atoms with E-state index in [0.29, 0.717) is 12.8 Å². The van der Waals surface area contributed by atoms with Crippen LogP contribution in [0.15, 0.2) is 24.8 Å². The van der Waals surface area contributed by atoms with Crippen molar-refractivity contribution in [3.63, 3.8) is 0 Å². The number of carbonyl (C=O) groups excluding carboxylic acids is 5. The molecule has 3 fully saturated rings. The molecule has 11 nitrogen and oxygen atoms in total. The van der Waals surface area contributed by atoms with Gasteiger partial charge in [-0.15, -0.1) is 0 Å². The number of benzene rings is 1. The van der Waals surface area contributed by atoms with Gasteiger partial charge in [-0.25, -0.2) is 0 Å². The maximum Gasteiger partial charge on any atom is 0.309 e. The zero-order valence-electron chi connectivity index (χ0n) is 20.3. The Kier molecular flexibility index (Phi) is 5.76. The summed E-state index contributed by atoms with van der Waals surface area (Å²) in [6, 6.07) is 2.90. The Hall–Kier alpha value is -3.25. The van der Waals surface area contributed by atoms with Gasteiger partial charge in [0.1, 0.15) is 24.0 Å². The number of ketones is 4. The molecule has 0 radical (unpaired) electrons. The first-order chi connectivity index (χ1) is 17.3. The maximum absolute atomic E-state index is 14.0. The molecule has 3 unspecified atom stereocenters. The van der Waals surface area contributed by atoms with Crippen LogP contribution in [0.5, 0.6) is 5.75 Å². The number of aliphatic hydroxyl groups excluding tert-OH is 1. The number of ether oxygens (including phenoxy) is 1. The SMILES string of the molecule is C=C1c2cccc(O)c2C(=O)C2C(=O)[C@]3(O)C(=O)C(C(N)O)C(=O)[C@@H](N(C)C)[C@@H]3[C@@H](OC(=O)C3CC3)[C@H]12. The van der Waals surface area contributed by atoms with E-state index in [2.05, 4.69) is 6.58 Å². The molecule has 3 saturated carbocycles. The predicted octanol–water partition coefficient (Wildman–Crippen LogP) is -0.939. The van der Waals surface area contributed by atoms with Gasteiger partial charge in [-0.2, -0.15) is 0 Å². The third-order valence-corrected chi connectivity index (χ3v) is 8.18. The first-order valence-corrected chi connectivity index (χ1v) is 12.0. The molecule has 4 aliphatic carbocycles. The van der Waals surface area contributed by atoms with Crippen LogP contribution in [-0.2, 0) is 23.9 Å². The highest BCUT2D eigenvalue weighted by molar-refractivity contribution is 6.28. The highest BCUT2D eigenvalue weighted by Gasteiger charge is 2.73. The largest absolute Gasteiger partial charge is 0.507 e. The Morgan fingerprint density at radius 3 is 2.41 bits per heavy atom. The number of phenols is 1. The summed E-state index contributed by atoms with van der Waals surface area (Å²) in [4.78, 5) is 69.0. The summed E-state index contributed by atoms with van der Waals surface area (Å²) in [6.45, 7) is 4.05. The van der Waals surface area contributed by atoms with Crippen LogP contribution in [-0.4, -0.2) is 87.4 Å². The minimum absolute atomic E-state index is 0.192. The summed E-state index contributed by atoms with van der Waals surface area (Å²) in [5, 5.41) is 32.4. The third-order valence-electron chi connectivity index (χ3n) is 8.18. The quantitative estimate of drug-likeness (QED) is 0.222. The van der Waals surface area contributed by atoms with Crippen LogP contribution < -0.4 is 5.73 Å². The number of Topliss-reactive ketones (excluding diaryl/α,β-unsaturated/α-hetero) is 4. The topological polar surface area (TPSA) is 185 Å². The van der Waals surface area contributed by atoms with E-state index in [0.717, 1.165) is 0 Å². The highest BCUT2D eigenvalue weighted by atomic mass is 16.5. The first kappa shape index (κ1) is 25.4. The number of esters is 1. The Labute approximate surface area is 211 Å². The monoisotopic (exact) mass is 512 g/mol. The smallest absolute Gasteiger partial charge is 0.309 e. The predicted molar refractivity (Wildman–Crippen MR) is 126 cm³/mol. The Bertz CT molecular complexity index is 1270. The second kappa shape index (κ2) is 8.38. The number of rotatable bonds is 4. The van der Waals surface area contributed by atoms with Gasteiger partial charge >= 0.3 is 5.97 Å². The van der Waals surface area contributed by atoms with Gasteiger partial charge in [0, 0.05) is 5.92 Å². The fraction of sp³-hybridized carbons (Fsp3) is 0.500. The van der Waals surface area contributed by atoms with Gasteiger partial charge in [-0.05, 0) is 44.1 Å². The molecule has 11 heteroatoms. The van der Waals surface area contributed by atoms with Gasteiger partial charge in [-0.1, -0.05) is 18.7 Å². The summed E-state index contributed by atoms with van der Waals surface area (Å²) in [5.74, 6) is -12.2. The Morgan fingerprint density at radius 1 is 1.19 bits per heavy atom. The van der Waals surface area contributed by atoms with Gasteiger partial charge in [0.2, 0.25) is 0 Å². The van der Waals surface area contributed by atoms with Gasteiger partial charge in [0.05, 0.1) is 29.4 Å². The molecule has 0 spiro atoms. The number of nitrogens with two attached hydrogens (primary N) is 1. The van der Waals surface area contributed by atoms with Crippen LogP contribution >= 0.6 is 0 Å². The molecule has 0 heterocycles. The van der Waals surface area contributed by atoms with E-state index in [1.54, 1.807) is 0 Å². The number of fused-ring (bicyclic) bond motifs is 3. The van der Waals surface area contributed by atoms with Crippen LogP contribution in [0.1, 0.15) is 28.8 Å². The number of aliphatic hydroxyl groups is 2. The molecule has 4 aliphatic rings. The minimum atomic E-state index is -2.98. The van der Waals surface area contributed by atoms with E-state index in [9.17, 15) is 39.3 Å². The lowest BCUT2D eigenvalue weighted by Gasteiger charge is -2.56. The average Bonchev–Trinajstić information content (AvgIpc) is 3.66. The number of likely N-dealkylation sites (N-methyl/N-ethyl adjacent to an activating group) is 1. The number of hydrogen-bond donors (Lipinski definition) is 4. The molecule has 37 heavy (non-hydrogen) atoms. The molecule has 0 aromatic heterocycles. The molecular formula is C26H28N2O9. The summed E-state index contributed by atoms with van der Waals surface area (Å²) in [5.41, 5.74) is 2.78. The minimum Gasteiger partial charge on any atom is -0.507 e.